The monoisotopic (exact) mass is 562 g/mol. The molecule has 0 atom stereocenters. The lowest BCUT2D eigenvalue weighted by Crippen LogP contribution is -2.37. The predicted octanol–water partition coefficient (Wildman–Crippen LogP) is 4.04. The van der Waals surface area contributed by atoms with Crippen LogP contribution in [0.25, 0.3) is 0 Å². The van der Waals surface area contributed by atoms with Crippen LogP contribution in [0.3, 0.4) is 0 Å². The van der Waals surface area contributed by atoms with Crippen LogP contribution in [0.5, 0.6) is 0 Å². The van der Waals surface area contributed by atoms with Gasteiger partial charge in [0.15, 0.2) is 0 Å². The minimum absolute atomic E-state index is 0.00704. The van der Waals surface area contributed by atoms with E-state index >= 15 is 0 Å². The first-order chi connectivity index (χ1) is 17.6. The minimum atomic E-state index is -3.92. The van der Waals surface area contributed by atoms with E-state index in [4.69, 9.17) is 27.6 Å². The van der Waals surface area contributed by atoms with Crippen LogP contribution in [-0.2, 0) is 32.7 Å². The van der Waals surface area contributed by atoms with Crippen molar-refractivity contribution in [1.82, 2.24) is 15.0 Å². The van der Waals surface area contributed by atoms with Crippen molar-refractivity contribution in [3.63, 3.8) is 0 Å². The highest BCUT2D eigenvalue weighted by atomic mass is 35.5. The first kappa shape index (κ1) is 28.1. The second-order valence-corrected chi connectivity index (χ2v) is 10.6. The summed E-state index contributed by atoms with van der Waals surface area (Å²) in [5.74, 6) is -1.26. The van der Waals surface area contributed by atoms with Gasteiger partial charge in [-0.25, -0.2) is 13.8 Å². The molecule has 1 heterocycles. The van der Waals surface area contributed by atoms with Crippen molar-refractivity contribution in [2.75, 3.05) is 6.54 Å². The molecule has 0 unspecified atom stereocenters. The molecular weight excluding hydrogens is 539 g/mol. The average Bonchev–Trinajstić information content (AvgIpc) is 3.31. The fourth-order valence-electron chi connectivity index (χ4n) is 3.10. The third-order valence-electron chi connectivity index (χ3n) is 4.99. The Morgan fingerprint density at radius 2 is 1.76 bits per heavy atom. The number of nitrogens with zero attached hydrogens (tertiary/aromatic N) is 2. The molecule has 0 radical (unpaired) electrons. The van der Waals surface area contributed by atoms with Gasteiger partial charge >= 0.3 is 11.8 Å². The molecule has 2 aromatic carbocycles. The van der Waals surface area contributed by atoms with Crippen LogP contribution in [0, 0.1) is 6.92 Å². The molecule has 37 heavy (non-hydrogen) atoms. The SMILES string of the molecule is C=CCNC(=O)C(=O)N/N=C/c1ccc(CN(Cc2ccc(Cl)c(Cl)c2)S(=O)(=O)c2ccc(C)cc2)o1. The lowest BCUT2D eigenvalue weighted by molar-refractivity contribution is -0.139. The van der Waals surface area contributed by atoms with Gasteiger partial charge in [0.1, 0.15) is 11.5 Å². The summed E-state index contributed by atoms with van der Waals surface area (Å²) in [4.78, 5) is 23.4. The number of carbonyl (C=O) groups excluding carboxylic acids is 2. The van der Waals surface area contributed by atoms with Crippen molar-refractivity contribution in [3.05, 3.63) is 99.9 Å². The molecule has 1 aromatic heterocycles. The molecule has 0 aliphatic heterocycles. The summed E-state index contributed by atoms with van der Waals surface area (Å²) in [6.45, 7) is 5.36. The highest BCUT2D eigenvalue weighted by Crippen LogP contribution is 2.26. The summed E-state index contributed by atoms with van der Waals surface area (Å²) in [5, 5.41) is 6.68. The van der Waals surface area contributed by atoms with E-state index in [0.29, 0.717) is 21.4 Å². The molecule has 2 N–H and O–H groups in total. The Hall–Kier alpha value is -3.44. The van der Waals surface area contributed by atoms with E-state index in [1.165, 1.54) is 16.6 Å². The van der Waals surface area contributed by atoms with E-state index in [2.05, 4.69) is 22.4 Å². The molecule has 3 aromatic rings. The fourth-order valence-corrected chi connectivity index (χ4v) is 4.81. The lowest BCUT2D eigenvalue weighted by atomic mass is 10.2. The largest absolute Gasteiger partial charge is 0.459 e. The Labute approximate surface area is 224 Å². The van der Waals surface area contributed by atoms with Gasteiger partial charge in [0.25, 0.3) is 0 Å². The van der Waals surface area contributed by atoms with Crippen LogP contribution >= 0.6 is 23.2 Å². The number of aryl methyl sites for hydroxylation is 1. The highest BCUT2D eigenvalue weighted by molar-refractivity contribution is 7.89. The second-order valence-electron chi connectivity index (χ2n) is 7.84. The summed E-state index contributed by atoms with van der Waals surface area (Å²) in [7, 11) is -3.92. The molecule has 0 fully saturated rings. The molecule has 0 bridgehead atoms. The standard InChI is InChI=1S/C25H24Cl2N4O5S/c1-3-12-28-24(32)25(33)30-29-14-19-7-8-20(36-19)16-31(15-18-6-11-22(26)23(27)13-18)37(34,35)21-9-4-17(2)5-10-21/h3-11,13-14H,1,12,15-16H2,2H3,(H,28,32)(H,30,33)/b29-14+. The zero-order valence-electron chi connectivity index (χ0n) is 19.8. The van der Waals surface area contributed by atoms with Crippen molar-refractivity contribution in [2.24, 2.45) is 5.10 Å². The van der Waals surface area contributed by atoms with Crippen LogP contribution < -0.4 is 10.7 Å². The number of amides is 2. The number of furan rings is 1. The molecule has 9 nitrogen and oxygen atoms in total. The summed E-state index contributed by atoms with van der Waals surface area (Å²) in [6.07, 6.45) is 2.63. The van der Waals surface area contributed by atoms with E-state index in [0.717, 1.165) is 5.56 Å². The van der Waals surface area contributed by atoms with Gasteiger partial charge in [-0.05, 0) is 48.9 Å². The normalized spacial score (nSPS) is 11.6. The zero-order chi connectivity index (χ0) is 27.0. The molecule has 0 spiro atoms. The van der Waals surface area contributed by atoms with Crippen LogP contribution in [0.4, 0.5) is 0 Å². The molecule has 0 saturated carbocycles. The quantitative estimate of drug-likeness (QED) is 0.167. The summed E-state index contributed by atoms with van der Waals surface area (Å²) in [6, 6.07) is 14.6. The molecule has 0 saturated heterocycles. The molecule has 2 amide bonds. The first-order valence-corrected chi connectivity index (χ1v) is 13.1. The van der Waals surface area contributed by atoms with Gasteiger partial charge in [-0.1, -0.05) is 53.0 Å². The first-order valence-electron chi connectivity index (χ1n) is 10.9. The Morgan fingerprint density at radius 3 is 2.43 bits per heavy atom. The number of hydrazone groups is 1. The van der Waals surface area contributed by atoms with E-state index in [-0.39, 0.29) is 30.3 Å². The summed E-state index contributed by atoms with van der Waals surface area (Å²) < 4.78 is 33.9. The van der Waals surface area contributed by atoms with Gasteiger partial charge in [-0.3, -0.25) is 9.59 Å². The van der Waals surface area contributed by atoms with Gasteiger partial charge in [0.05, 0.1) is 27.7 Å². The van der Waals surface area contributed by atoms with Crippen molar-refractivity contribution >= 4 is 51.3 Å². The Balaban J connectivity index is 1.79. The van der Waals surface area contributed by atoms with Gasteiger partial charge in [-0.2, -0.15) is 9.41 Å². The molecule has 0 aliphatic carbocycles. The second kappa shape index (κ2) is 12.7. The highest BCUT2D eigenvalue weighted by Gasteiger charge is 2.26. The van der Waals surface area contributed by atoms with Gasteiger partial charge in [-0.15, -0.1) is 6.58 Å². The summed E-state index contributed by atoms with van der Waals surface area (Å²) >= 11 is 12.1. The zero-order valence-corrected chi connectivity index (χ0v) is 22.1. The number of sulfonamides is 1. The van der Waals surface area contributed by atoms with Crippen molar-refractivity contribution in [2.45, 2.75) is 24.9 Å². The maximum absolute atomic E-state index is 13.5. The van der Waals surface area contributed by atoms with E-state index < -0.39 is 21.8 Å². The predicted molar refractivity (Wildman–Crippen MR) is 142 cm³/mol. The van der Waals surface area contributed by atoms with Crippen LogP contribution in [0.2, 0.25) is 10.0 Å². The Bertz CT molecular complexity index is 1420. The third kappa shape index (κ3) is 7.77. The molecule has 3 rings (SSSR count). The number of hydrogen-bond donors (Lipinski definition) is 2. The molecule has 0 aliphatic rings. The van der Waals surface area contributed by atoms with E-state index in [1.54, 1.807) is 54.6 Å². The number of rotatable bonds is 10. The van der Waals surface area contributed by atoms with Crippen molar-refractivity contribution < 1.29 is 22.4 Å². The topological polar surface area (TPSA) is 121 Å². The van der Waals surface area contributed by atoms with E-state index in [9.17, 15) is 18.0 Å². The van der Waals surface area contributed by atoms with Gasteiger partial charge < -0.3 is 9.73 Å². The molecule has 12 heteroatoms. The number of halogens is 2. The number of nitrogens with one attached hydrogen (secondary N) is 2. The minimum Gasteiger partial charge on any atom is -0.459 e. The van der Waals surface area contributed by atoms with Gasteiger partial charge in [0.2, 0.25) is 10.0 Å². The number of hydrogen-bond acceptors (Lipinski definition) is 6. The number of benzene rings is 2. The van der Waals surface area contributed by atoms with Crippen molar-refractivity contribution in [1.29, 1.82) is 0 Å². The van der Waals surface area contributed by atoms with Crippen LogP contribution in [0.15, 0.2) is 81.7 Å². The summed E-state index contributed by atoms with van der Waals surface area (Å²) in [5.41, 5.74) is 3.64. The van der Waals surface area contributed by atoms with Crippen LogP contribution in [-0.4, -0.2) is 37.3 Å². The smallest absolute Gasteiger partial charge is 0.329 e. The average molecular weight is 563 g/mol. The van der Waals surface area contributed by atoms with Crippen LogP contribution in [0.1, 0.15) is 22.6 Å². The molecular formula is C25H24Cl2N4O5S. The Kier molecular flexibility index (Phi) is 9.65. The molecule has 194 valence electrons. The third-order valence-corrected chi connectivity index (χ3v) is 7.53. The van der Waals surface area contributed by atoms with Gasteiger partial charge in [0, 0.05) is 13.1 Å². The van der Waals surface area contributed by atoms with Crippen molar-refractivity contribution in [3.8, 4) is 0 Å². The lowest BCUT2D eigenvalue weighted by Gasteiger charge is -2.22. The maximum atomic E-state index is 13.5. The maximum Gasteiger partial charge on any atom is 0.329 e. The number of carbonyl (C=O) groups is 2. The Morgan fingerprint density at radius 1 is 1.03 bits per heavy atom. The fraction of sp³-hybridized carbons (Fsp3) is 0.160. The van der Waals surface area contributed by atoms with E-state index in [1.807, 2.05) is 6.92 Å².